The Morgan fingerprint density at radius 3 is 1.13 bits per heavy atom. The molecule has 0 radical (unpaired) electrons. The van der Waals surface area contributed by atoms with Crippen LogP contribution in [0, 0.1) is 23.7 Å². The van der Waals surface area contributed by atoms with E-state index in [0.29, 0.717) is 11.8 Å². The molecule has 1 heteroatoms. The molecule has 0 heterocycles. The van der Waals surface area contributed by atoms with Crippen molar-refractivity contribution in [2.24, 2.45) is 23.7 Å². The zero-order valence-corrected chi connectivity index (χ0v) is 21.8. The highest BCUT2D eigenvalue weighted by Crippen LogP contribution is 2.37. The normalized spacial score (nSPS) is 14.7. The Kier molecular flexibility index (Phi) is 8.42. The second-order valence-corrected chi connectivity index (χ2v) is 11.8. The topological polar surface area (TPSA) is 12.0 Å². The van der Waals surface area contributed by atoms with Crippen molar-refractivity contribution in [3.8, 4) is 0 Å². The van der Waals surface area contributed by atoms with Crippen LogP contribution in [0.3, 0.4) is 0 Å². The average Bonchev–Trinajstić information content (AvgIpc) is 2.67. The van der Waals surface area contributed by atoms with Gasteiger partial charge < -0.3 is 5.32 Å². The molecule has 2 aromatic carbocycles. The SMILES string of the molecule is CC(C)CC(C)C(C)(C)c1ccc(Nc2ccc(C(C)(C)C(C)CC(C)C)cc2)cc1.[HH]. The highest BCUT2D eigenvalue weighted by Gasteiger charge is 2.29. The van der Waals surface area contributed by atoms with Crippen LogP contribution < -0.4 is 5.32 Å². The summed E-state index contributed by atoms with van der Waals surface area (Å²) in [5, 5.41) is 3.58. The molecule has 2 unspecified atom stereocenters. The molecular formula is C30H49N. The van der Waals surface area contributed by atoms with E-state index in [9.17, 15) is 0 Å². The van der Waals surface area contributed by atoms with Crippen molar-refractivity contribution in [2.75, 3.05) is 5.32 Å². The van der Waals surface area contributed by atoms with E-state index in [1.165, 1.54) is 24.0 Å². The fourth-order valence-corrected chi connectivity index (χ4v) is 4.71. The first-order chi connectivity index (χ1) is 14.3. The van der Waals surface area contributed by atoms with E-state index in [1.807, 2.05) is 0 Å². The quantitative estimate of drug-likeness (QED) is 0.401. The minimum absolute atomic E-state index is 0. The van der Waals surface area contributed by atoms with Gasteiger partial charge in [0.15, 0.2) is 0 Å². The predicted molar refractivity (Wildman–Crippen MR) is 142 cm³/mol. The van der Waals surface area contributed by atoms with Crippen molar-refractivity contribution in [1.29, 1.82) is 0 Å². The number of nitrogens with one attached hydrogen (secondary N) is 1. The molecule has 0 aromatic heterocycles. The molecular weight excluding hydrogens is 374 g/mol. The average molecular weight is 424 g/mol. The molecule has 2 aromatic rings. The first-order valence-corrected chi connectivity index (χ1v) is 12.3. The Morgan fingerprint density at radius 1 is 0.581 bits per heavy atom. The van der Waals surface area contributed by atoms with Gasteiger partial charge in [0, 0.05) is 12.8 Å². The van der Waals surface area contributed by atoms with E-state index in [2.05, 4.69) is 123 Å². The molecule has 0 aliphatic carbocycles. The number of hydrogen-bond acceptors (Lipinski definition) is 1. The van der Waals surface area contributed by atoms with Gasteiger partial charge in [0.2, 0.25) is 0 Å². The highest BCUT2D eigenvalue weighted by atomic mass is 14.9. The van der Waals surface area contributed by atoms with Gasteiger partial charge in [0.05, 0.1) is 0 Å². The van der Waals surface area contributed by atoms with Gasteiger partial charge >= 0.3 is 0 Å². The molecule has 2 atom stereocenters. The third-order valence-corrected chi connectivity index (χ3v) is 7.66. The third kappa shape index (κ3) is 6.61. The van der Waals surface area contributed by atoms with E-state index in [4.69, 9.17) is 0 Å². The molecule has 174 valence electrons. The molecule has 2 rings (SSSR count). The molecule has 1 nitrogen and oxygen atoms in total. The van der Waals surface area contributed by atoms with Gasteiger partial charge in [0.1, 0.15) is 0 Å². The minimum atomic E-state index is 0. The van der Waals surface area contributed by atoms with E-state index in [0.717, 1.165) is 23.2 Å². The van der Waals surface area contributed by atoms with Gasteiger partial charge in [-0.2, -0.15) is 0 Å². The molecule has 0 spiro atoms. The maximum atomic E-state index is 3.58. The fourth-order valence-electron chi connectivity index (χ4n) is 4.71. The van der Waals surface area contributed by atoms with Crippen molar-refractivity contribution >= 4 is 11.4 Å². The second-order valence-electron chi connectivity index (χ2n) is 11.8. The first-order valence-electron chi connectivity index (χ1n) is 12.3. The van der Waals surface area contributed by atoms with Gasteiger partial charge in [-0.15, -0.1) is 0 Å². The Morgan fingerprint density at radius 2 is 0.871 bits per heavy atom. The van der Waals surface area contributed by atoms with Crippen LogP contribution in [-0.4, -0.2) is 0 Å². The van der Waals surface area contributed by atoms with E-state index in [-0.39, 0.29) is 12.3 Å². The lowest BCUT2D eigenvalue weighted by atomic mass is 9.71. The van der Waals surface area contributed by atoms with Crippen LogP contribution in [0.15, 0.2) is 48.5 Å². The minimum Gasteiger partial charge on any atom is -0.356 e. The van der Waals surface area contributed by atoms with Crippen molar-refractivity contribution in [3.63, 3.8) is 0 Å². The van der Waals surface area contributed by atoms with Gasteiger partial charge in [-0.3, -0.25) is 0 Å². The van der Waals surface area contributed by atoms with Crippen molar-refractivity contribution < 1.29 is 1.43 Å². The third-order valence-electron chi connectivity index (χ3n) is 7.66. The monoisotopic (exact) mass is 423 g/mol. The first kappa shape index (κ1) is 25.5. The second kappa shape index (κ2) is 10.2. The Labute approximate surface area is 194 Å². The maximum absolute atomic E-state index is 3.58. The summed E-state index contributed by atoms with van der Waals surface area (Å²) in [6, 6.07) is 18.1. The molecule has 0 bridgehead atoms. The van der Waals surface area contributed by atoms with Gasteiger partial charge in [0.25, 0.3) is 0 Å². The molecule has 0 amide bonds. The summed E-state index contributed by atoms with van der Waals surface area (Å²) in [5.41, 5.74) is 5.50. The van der Waals surface area contributed by atoms with Crippen LogP contribution in [0.4, 0.5) is 11.4 Å². The standard InChI is InChI=1S/C30H47N.H2/c1-21(2)19-23(5)29(7,8)25-11-15-27(16-12-25)31-28-17-13-26(14-18-28)30(9,10)24(6)20-22(3)4;/h11-18,21-24,31H,19-20H2,1-10H3;1H. The van der Waals surface area contributed by atoms with Crippen molar-refractivity contribution in [1.82, 2.24) is 0 Å². The fraction of sp³-hybridized carbons (Fsp3) is 0.600. The number of anilines is 2. The van der Waals surface area contributed by atoms with Crippen LogP contribution in [0.1, 0.15) is 94.6 Å². The van der Waals surface area contributed by atoms with Crippen LogP contribution in [0.2, 0.25) is 0 Å². The zero-order valence-electron chi connectivity index (χ0n) is 21.8. The van der Waals surface area contributed by atoms with Crippen LogP contribution in [-0.2, 0) is 10.8 Å². The molecule has 31 heavy (non-hydrogen) atoms. The maximum Gasteiger partial charge on any atom is 0.0384 e. The Balaban J connectivity index is 0.00000512. The van der Waals surface area contributed by atoms with Crippen LogP contribution >= 0.6 is 0 Å². The lowest BCUT2D eigenvalue weighted by Crippen LogP contribution is -2.27. The lowest BCUT2D eigenvalue weighted by Gasteiger charge is -2.34. The smallest absolute Gasteiger partial charge is 0.0384 e. The molecule has 1 N–H and O–H groups in total. The van der Waals surface area contributed by atoms with Gasteiger partial charge in [-0.1, -0.05) is 93.5 Å². The molecule has 0 saturated heterocycles. The number of hydrogen-bond donors (Lipinski definition) is 1. The van der Waals surface area contributed by atoms with Crippen LogP contribution in [0.25, 0.3) is 0 Å². The Bertz CT molecular complexity index is 730. The summed E-state index contributed by atoms with van der Waals surface area (Å²) in [4.78, 5) is 0. The van der Waals surface area contributed by atoms with E-state index >= 15 is 0 Å². The molecule has 0 fully saturated rings. The lowest BCUT2D eigenvalue weighted by molar-refractivity contribution is 0.291. The van der Waals surface area contributed by atoms with Gasteiger partial charge in [-0.05, 0) is 82.7 Å². The summed E-state index contributed by atoms with van der Waals surface area (Å²) < 4.78 is 0. The summed E-state index contributed by atoms with van der Waals surface area (Å²) in [6.45, 7) is 23.6. The predicted octanol–water partition coefficient (Wildman–Crippen LogP) is 9.60. The van der Waals surface area contributed by atoms with E-state index in [1.54, 1.807) is 0 Å². The molecule has 0 saturated carbocycles. The Hall–Kier alpha value is -1.76. The van der Waals surface area contributed by atoms with Crippen LogP contribution in [0.5, 0.6) is 0 Å². The van der Waals surface area contributed by atoms with Gasteiger partial charge in [-0.25, -0.2) is 0 Å². The molecule has 0 aliphatic heterocycles. The van der Waals surface area contributed by atoms with Crippen molar-refractivity contribution in [2.45, 2.75) is 92.9 Å². The largest absolute Gasteiger partial charge is 0.356 e. The number of benzene rings is 2. The summed E-state index contributed by atoms with van der Waals surface area (Å²) >= 11 is 0. The highest BCUT2D eigenvalue weighted by molar-refractivity contribution is 5.60. The molecule has 0 aliphatic rings. The van der Waals surface area contributed by atoms with E-state index < -0.39 is 0 Å². The summed E-state index contributed by atoms with van der Waals surface area (Å²) in [5.74, 6) is 2.77. The summed E-state index contributed by atoms with van der Waals surface area (Å²) in [6.07, 6.45) is 2.51. The summed E-state index contributed by atoms with van der Waals surface area (Å²) in [7, 11) is 0. The van der Waals surface area contributed by atoms with Crippen molar-refractivity contribution in [3.05, 3.63) is 59.7 Å². The number of rotatable bonds is 10. The zero-order chi connectivity index (χ0) is 23.4.